The monoisotopic (exact) mass is 520 g/mol. The molecule has 0 saturated heterocycles. The Hall–Kier alpha value is -3.22. The van der Waals surface area contributed by atoms with Crippen molar-refractivity contribution in [2.24, 2.45) is 11.8 Å². The summed E-state index contributed by atoms with van der Waals surface area (Å²) < 4.78 is 39.8. The number of sulfonamides is 1. The molecule has 1 heterocycles. The molecule has 9 heteroatoms. The summed E-state index contributed by atoms with van der Waals surface area (Å²) in [4.78, 5) is 4.60. The molecule has 8 nitrogen and oxygen atoms in total. The molecule has 1 N–H and O–H groups in total. The topological polar surface area (TPSA) is 118 Å². The molecule has 0 unspecified atom stereocenters. The Morgan fingerprint density at radius 1 is 1.24 bits per heavy atom. The summed E-state index contributed by atoms with van der Waals surface area (Å²) >= 11 is 0. The van der Waals surface area contributed by atoms with E-state index in [4.69, 9.17) is 9.26 Å². The van der Waals surface area contributed by atoms with Gasteiger partial charge in [-0.2, -0.15) is 10.2 Å². The Morgan fingerprint density at radius 3 is 2.78 bits per heavy atom. The summed E-state index contributed by atoms with van der Waals surface area (Å²) in [5.41, 5.74) is 3.86. The molecule has 0 bridgehead atoms. The summed E-state index contributed by atoms with van der Waals surface area (Å²) in [6.45, 7) is 6.02. The number of hydrogen-bond donors (Lipinski definition) is 1. The summed E-state index contributed by atoms with van der Waals surface area (Å²) in [6, 6.07) is 12.9. The maximum Gasteiger partial charge on any atom is 0.258 e. The highest BCUT2D eigenvalue weighted by molar-refractivity contribution is 7.89. The molecule has 2 aliphatic rings. The number of fused-ring (bicyclic) bond motifs is 1. The van der Waals surface area contributed by atoms with Crippen LogP contribution in [0, 0.1) is 23.2 Å². The number of hydrogen-bond acceptors (Lipinski definition) is 7. The summed E-state index contributed by atoms with van der Waals surface area (Å²) in [5.74, 6) is 2.69. The van der Waals surface area contributed by atoms with Crippen molar-refractivity contribution in [1.29, 1.82) is 5.26 Å². The van der Waals surface area contributed by atoms with Crippen molar-refractivity contribution >= 4 is 10.0 Å². The average Bonchev–Trinajstić information content (AvgIpc) is 3.49. The van der Waals surface area contributed by atoms with Gasteiger partial charge in [0, 0.05) is 17.2 Å². The second-order valence-corrected chi connectivity index (χ2v) is 12.4. The fraction of sp³-hybridized carbons (Fsp3) is 0.464. The second kappa shape index (κ2) is 10.3. The van der Waals surface area contributed by atoms with Gasteiger partial charge >= 0.3 is 0 Å². The van der Waals surface area contributed by atoms with Crippen molar-refractivity contribution in [3.63, 3.8) is 0 Å². The first kappa shape index (κ1) is 25.4. The number of ether oxygens (including phenoxy) is 1. The zero-order valence-electron chi connectivity index (χ0n) is 21.4. The number of rotatable bonds is 9. The van der Waals surface area contributed by atoms with Gasteiger partial charge in [0.05, 0.1) is 17.4 Å². The molecule has 1 saturated carbocycles. The summed E-state index contributed by atoms with van der Waals surface area (Å²) in [6.07, 6.45) is 4.36. The first-order valence-electron chi connectivity index (χ1n) is 12.9. The quantitative estimate of drug-likeness (QED) is 0.401. The van der Waals surface area contributed by atoms with Gasteiger partial charge in [0.15, 0.2) is 0 Å². The molecule has 37 heavy (non-hydrogen) atoms. The number of nitrogens with zero attached hydrogens (tertiary/aromatic N) is 3. The Morgan fingerprint density at radius 2 is 2.05 bits per heavy atom. The molecule has 3 aromatic rings. The van der Waals surface area contributed by atoms with Crippen molar-refractivity contribution in [3.8, 4) is 34.7 Å². The smallest absolute Gasteiger partial charge is 0.258 e. The van der Waals surface area contributed by atoms with Gasteiger partial charge in [0.2, 0.25) is 15.8 Å². The standard InChI is InChI=1S/C28H32N4O4S/c1-17(2)35-26-10-7-20(15-21(26)16-29)28-30-27(31-36-28)24-6-4-5-23-22(24)8-9-25(23)32-37(33,34)12-11-19-13-18(3)14-19/h4-7,10,15,17-19,25,32H,8-9,11-14H2,1-3H3/t18?,19?,25-/m0/s1. The molecule has 1 atom stereocenters. The molecule has 2 aliphatic carbocycles. The minimum Gasteiger partial charge on any atom is -0.490 e. The average molecular weight is 521 g/mol. The van der Waals surface area contributed by atoms with Crippen molar-refractivity contribution in [2.45, 2.75) is 65.0 Å². The third-order valence-electron chi connectivity index (χ3n) is 7.24. The van der Waals surface area contributed by atoms with Gasteiger partial charge in [-0.3, -0.25) is 0 Å². The van der Waals surface area contributed by atoms with E-state index in [0.717, 1.165) is 48.3 Å². The maximum atomic E-state index is 12.8. The minimum absolute atomic E-state index is 0.0481. The molecule has 0 spiro atoms. The van der Waals surface area contributed by atoms with Crippen molar-refractivity contribution in [1.82, 2.24) is 14.9 Å². The zero-order chi connectivity index (χ0) is 26.2. The molecule has 0 radical (unpaired) electrons. The predicted octanol–water partition coefficient (Wildman–Crippen LogP) is 5.41. The number of benzene rings is 2. The highest BCUT2D eigenvalue weighted by Crippen LogP contribution is 2.39. The van der Waals surface area contributed by atoms with Crippen LogP contribution in [0.5, 0.6) is 5.75 Å². The van der Waals surface area contributed by atoms with Crippen LogP contribution in [0.4, 0.5) is 0 Å². The van der Waals surface area contributed by atoms with Gasteiger partial charge in [-0.05, 0) is 87.1 Å². The van der Waals surface area contributed by atoms with Crippen LogP contribution in [0.3, 0.4) is 0 Å². The van der Waals surface area contributed by atoms with E-state index >= 15 is 0 Å². The van der Waals surface area contributed by atoms with Crippen LogP contribution in [0.25, 0.3) is 22.8 Å². The van der Waals surface area contributed by atoms with E-state index < -0.39 is 10.0 Å². The van der Waals surface area contributed by atoms with E-state index in [1.54, 1.807) is 18.2 Å². The molecular weight excluding hydrogens is 488 g/mol. The van der Waals surface area contributed by atoms with Gasteiger partial charge in [-0.15, -0.1) is 0 Å². The highest BCUT2D eigenvalue weighted by Gasteiger charge is 2.31. The fourth-order valence-corrected chi connectivity index (χ4v) is 6.89. The lowest BCUT2D eigenvalue weighted by atomic mass is 9.75. The first-order chi connectivity index (χ1) is 17.7. The molecule has 0 aliphatic heterocycles. The third kappa shape index (κ3) is 5.55. The molecule has 194 valence electrons. The van der Waals surface area contributed by atoms with E-state index in [-0.39, 0.29) is 17.9 Å². The van der Waals surface area contributed by atoms with Crippen LogP contribution in [-0.4, -0.2) is 30.4 Å². The lowest BCUT2D eigenvalue weighted by molar-refractivity contribution is 0.207. The van der Waals surface area contributed by atoms with Crippen molar-refractivity contribution < 1.29 is 17.7 Å². The predicted molar refractivity (Wildman–Crippen MR) is 140 cm³/mol. The number of nitrogens with one attached hydrogen (secondary N) is 1. The summed E-state index contributed by atoms with van der Waals surface area (Å²) in [7, 11) is -3.36. The van der Waals surface area contributed by atoms with Crippen LogP contribution in [-0.2, 0) is 16.4 Å². The Kier molecular flexibility index (Phi) is 7.06. The van der Waals surface area contributed by atoms with Crippen LogP contribution in [0.2, 0.25) is 0 Å². The molecule has 0 amide bonds. The van der Waals surface area contributed by atoms with Gasteiger partial charge in [-0.25, -0.2) is 13.1 Å². The van der Waals surface area contributed by atoms with Crippen LogP contribution < -0.4 is 9.46 Å². The molecule has 2 aromatic carbocycles. The van der Waals surface area contributed by atoms with Gasteiger partial charge in [-0.1, -0.05) is 30.3 Å². The lowest BCUT2D eigenvalue weighted by Gasteiger charge is -2.32. The second-order valence-electron chi connectivity index (χ2n) is 10.5. The highest BCUT2D eigenvalue weighted by atomic mass is 32.2. The zero-order valence-corrected chi connectivity index (χ0v) is 22.2. The SMILES string of the molecule is CC1CC(CCS(=O)(=O)N[C@H]2CCc3c(-c4noc(-c5ccc(OC(C)C)c(C#N)c5)n4)cccc32)C1. The number of aromatic nitrogens is 2. The molecule has 5 rings (SSSR count). The number of nitriles is 1. The third-order valence-corrected chi connectivity index (χ3v) is 8.65. The van der Waals surface area contributed by atoms with Crippen LogP contribution in [0.15, 0.2) is 40.9 Å². The maximum absolute atomic E-state index is 12.8. The minimum atomic E-state index is -3.36. The van der Waals surface area contributed by atoms with E-state index in [9.17, 15) is 13.7 Å². The van der Waals surface area contributed by atoms with Crippen molar-refractivity contribution in [3.05, 3.63) is 53.1 Å². The van der Waals surface area contributed by atoms with Crippen molar-refractivity contribution in [2.75, 3.05) is 5.75 Å². The molecule has 1 fully saturated rings. The fourth-order valence-electron chi connectivity index (χ4n) is 5.45. The lowest BCUT2D eigenvalue weighted by Crippen LogP contribution is -2.32. The van der Waals surface area contributed by atoms with E-state index in [1.807, 2.05) is 32.0 Å². The van der Waals surface area contributed by atoms with Gasteiger partial charge < -0.3 is 9.26 Å². The largest absolute Gasteiger partial charge is 0.490 e. The normalized spacial score (nSPS) is 20.9. The molecular formula is C28H32N4O4S. The Bertz CT molecular complexity index is 1430. The Balaban J connectivity index is 1.33. The van der Waals surface area contributed by atoms with E-state index in [2.05, 4.69) is 27.9 Å². The van der Waals surface area contributed by atoms with Gasteiger partial charge in [0.25, 0.3) is 5.89 Å². The van der Waals surface area contributed by atoms with E-state index in [0.29, 0.717) is 40.9 Å². The van der Waals surface area contributed by atoms with Crippen LogP contribution in [0.1, 0.15) is 69.2 Å². The Labute approximate surface area is 218 Å². The summed E-state index contributed by atoms with van der Waals surface area (Å²) in [5, 5.41) is 13.7. The first-order valence-corrected chi connectivity index (χ1v) is 14.5. The van der Waals surface area contributed by atoms with Gasteiger partial charge in [0.1, 0.15) is 11.8 Å². The van der Waals surface area contributed by atoms with E-state index in [1.165, 1.54) is 0 Å². The van der Waals surface area contributed by atoms with Crippen LogP contribution >= 0.6 is 0 Å². The molecule has 1 aromatic heterocycles.